The van der Waals surface area contributed by atoms with Crippen LogP contribution < -0.4 is 10.2 Å². The van der Waals surface area contributed by atoms with Crippen molar-refractivity contribution in [3.05, 3.63) is 29.8 Å². The summed E-state index contributed by atoms with van der Waals surface area (Å²) in [5.41, 5.74) is 0.147. The number of nitrogens with zero attached hydrogens (tertiary/aromatic N) is 2. The third kappa shape index (κ3) is 4.48. The summed E-state index contributed by atoms with van der Waals surface area (Å²) in [5, 5.41) is 2.80. The van der Waals surface area contributed by atoms with Gasteiger partial charge >= 0.3 is 0 Å². The molecule has 7 heteroatoms. The van der Waals surface area contributed by atoms with Crippen molar-refractivity contribution in [2.45, 2.75) is 13.3 Å². The van der Waals surface area contributed by atoms with Crippen molar-refractivity contribution in [2.24, 2.45) is 5.92 Å². The van der Waals surface area contributed by atoms with Gasteiger partial charge in [0.15, 0.2) is 0 Å². The summed E-state index contributed by atoms with van der Waals surface area (Å²) >= 11 is 0. The number of halogens is 2. The maximum Gasteiger partial charge on any atom is 0.227 e. The van der Waals surface area contributed by atoms with Crippen LogP contribution in [-0.4, -0.2) is 49.9 Å². The molecule has 1 heterocycles. The minimum absolute atomic E-state index is 0.0492. The largest absolute Gasteiger partial charge is 0.355 e. The maximum absolute atomic E-state index is 13.3. The molecule has 126 valence electrons. The number of rotatable bonds is 6. The molecule has 1 aromatic carbocycles. The quantitative estimate of drug-likeness (QED) is 0.860. The molecule has 1 atom stereocenters. The number of anilines is 1. The van der Waals surface area contributed by atoms with E-state index in [4.69, 9.17) is 0 Å². The van der Waals surface area contributed by atoms with Crippen LogP contribution in [0.5, 0.6) is 0 Å². The van der Waals surface area contributed by atoms with Gasteiger partial charge in [-0.25, -0.2) is 8.78 Å². The first-order valence-electron chi connectivity index (χ1n) is 7.63. The summed E-state index contributed by atoms with van der Waals surface area (Å²) in [5.74, 6) is -2.50. The zero-order valence-corrected chi connectivity index (χ0v) is 13.3. The Labute approximate surface area is 134 Å². The third-order valence-electron chi connectivity index (χ3n) is 3.99. The second-order valence-corrected chi connectivity index (χ2v) is 5.72. The average Bonchev–Trinajstić information content (AvgIpc) is 2.88. The first-order valence-corrected chi connectivity index (χ1v) is 7.63. The Bertz CT molecular complexity index is 574. The van der Waals surface area contributed by atoms with Gasteiger partial charge in [0, 0.05) is 37.8 Å². The lowest BCUT2D eigenvalue weighted by Crippen LogP contribution is -2.37. The van der Waals surface area contributed by atoms with Gasteiger partial charge in [0.2, 0.25) is 11.8 Å². The highest BCUT2D eigenvalue weighted by molar-refractivity contribution is 6.00. The van der Waals surface area contributed by atoms with Crippen LogP contribution in [0.25, 0.3) is 0 Å². The molecule has 2 amide bonds. The smallest absolute Gasteiger partial charge is 0.227 e. The van der Waals surface area contributed by atoms with Crippen molar-refractivity contribution in [1.82, 2.24) is 10.2 Å². The summed E-state index contributed by atoms with van der Waals surface area (Å²) in [6, 6.07) is 2.94. The van der Waals surface area contributed by atoms with Crippen molar-refractivity contribution < 1.29 is 18.4 Å². The topological polar surface area (TPSA) is 52.7 Å². The minimum Gasteiger partial charge on any atom is -0.355 e. The number of nitrogens with one attached hydrogen (secondary N) is 1. The van der Waals surface area contributed by atoms with Gasteiger partial charge in [-0.2, -0.15) is 0 Å². The molecular formula is C16H21F2N3O2. The second kappa shape index (κ2) is 7.50. The zero-order valence-electron chi connectivity index (χ0n) is 13.3. The lowest BCUT2D eigenvalue weighted by atomic mass is 10.1. The van der Waals surface area contributed by atoms with Crippen molar-refractivity contribution in [1.29, 1.82) is 0 Å². The normalized spacial score (nSPS) is 17.9. The predicted octanol–water partition coefficient (Wildman–Crippen LogP) is 1.39. The molecule has 1 N–H and O–H groups in total. The van der Waals surface area contributed by atoms with Crippen LogP contribution in [-0.2, 0) is 9.59 Å². The molecule has 1 saturated heterocycles. The second-order valence-electron chi connectivity index (χ2n) is 5.72. The van der Waals surface area contributed by atoms with Crippen LogP contribution in [0.2, 0.25) is 0 Å². The zero-order chi connectivity index (χ0) is 17.0. The number of carbonyl (C=O) groups excluding carboxylic acids is 2. The molecule has 0 aromatic heterocycles. The summed E-state index contributed by atoms with van der Waals surface area (Å²) < 4.78 is 26.6. The van der Waals surface area contributed by atoms with Gasteiger partial charge in [0.25, 0.3) is 0 Å². The number of hydrogen-bond donors (Lipinski definition) is 1. The van der Waals surface area contributed by atoms with Gasteiger partial charge in [-0.15, -0.1) is 0 Å². The van der Waals surface area contributed by atoms with E-state index in [1.165, 1.54) is 4.90 Å². The lowest BCUT2D eigenvalue weighted by Gasteiger charge is -2.18. The number of benzene rings is 1. The number of carbonyl (C=O) groups is 2. The summed E-state index contributed by atoms with van der Waals surface area (Å²) in [7, 11) is 1.95. The van der Waals surface area contributed by atoms with E-state index < -0.39 is 17.6 Å². The standard InChI is InChI=1S/C16H21F2N3O2/c1-3-20(2)5-4-19-16(23)11-6-15(22)21(10-11)14-8-12(17)7-13(18)9-14/h7-9,11H,3-6,10H2,1-2H3,(H,19,23)/t11-/m0/s1. The van der Waals surface area contributed by atoms with Gasteiger partial charge in [0.1, 0.15) is 11.6 Å². The highest BCUT2D eigenvalue weighted by Gasteiger charge is 2.35. The Kier molecular flexibility index (Phi) is 5.65. The molecule has 5 nitrogen and oxygen atoms in total. The maximum atomic E-state index is 13.3. The van der Waals surface area contributed by atoms with E-state index >= 15 is 0 Å². The monoisotopic (exact) mass is 325 g/mol. The Balaban J connectivity index is 1.95. The Morgan fingerprint density at radius 2 is 2.00 bits per heavy atom. The molecule has 1 fully saturated rings. The van der Waals surface area contributed by atoms with Crippen LogP contribution in [0, 0.1) is 17.6 Å². The Hall–Kier alpha value is -2.02. The SMILES string of the molecule is CCN(C)CCNC(=O)[C@H]1CC(=O)N(c2cc(F)cc(F)c2)C1. The fourth-order valence-corrected chi connectivity index (χ4v) is 2.50. The molecule has 0 bridgehead atoms. The van der Waals surface area contributed by atoms with E-state index in [1.807, 2.05) is 14.0 Å². The van der Waals surface area contributed by atoms with Crippen molar-refractivity contribution in [3.8, 4) is 0 Å². The van der Waals surface area contributed by atoms with Crippen molar-refractivity contribution in [3.63, 3.8) is 0 Å². The van der Waals surface area contributed by atoms with Gasteiger partial charge in [0.05, 0.1) is 5.92 Å². The fraction of sp³-hybridized carbons (Fsp3) is 0.500. The molecule has 23 heavy (non-hydrogen) atoms. The van der Waals surface area contributed by atoms with Crippen LogP contribution >= 0.6 is 0 Å². The van der Waals surface area contributed by atoms with E-state index in [2.05, 4.69) is 10.2 Å². The molecule has 0 aliphatic carbocycles. The van der Waals surface area contributed by atoms with E-state index in [1.54, 1.807) is 0 Å². The van der Waals surface area contributed by atoms with E-state index in [9.17, 15) is 18.4 Å². The number of hydrogen-bond acceptors (Lipinski definition) is 3. The van der Waals surface area contributed by atoms with Crippen molar-refractivity contribution in [2.75, 3.05) is 38.1 Å². The number of likely N-dealkylation sites (N-methyl/N-ethyl adjacent to an activating group) is 1. The minimum atomic E-state index is -0.747. The van der Waals surface area contributed by atoms with Gasteiger partial charge in [-0.05, 0) is 25.7 Å². The fourth-order valence-electron chi connectivity index (χ4n) is 2.50. The Morgan fingerprint density at radius 1 is 1.35 bits per heavy atom. The van der Waals surface area contributed by atoms with E-state index in [-0.39, 0.29) is 30.5 Å². The molecule has 1 aromatic rings. The molecule has 1 aliphatic heterocycles. The third-order valence-corrected chi connectivity index (χ3v) is 3.99. The van der Waals surface area contributed by atoms with Crippen LogP contribution in [0.1, 0.15) is 13.3 Å². The molecule has 0 radical (unpaired) electrons. The summed E-state index contributed by atoms with van der Waals surface area (Å²) in [6.45, 7) is 4.27. The first-order chi connectivity index (χ1) is 10.9. The van der Waals surface area contributed by atoms with Gasteiger partial charge < -0.3 is 15.1 Å². The van der Waals surface area contributed by atoms with Crippen LogP contribution in [0.15, 0.2) is 18.2 Å². The summed E-state index contributed by atoms with van der Waals surface area (Å²) in [6.07, 6.45) is 0.0492. The predicted molar refractivity (Wildman–Crippen MR) is 83.0 cm³/mol. The molecule has 2 rings (SSSR count). The molecule has 0 spiro atoms. The van der Waals surface area contributed by atoms with E-state index in [0.29, 0.717) is 6.54 Å². The highest BCUT2D eigenvalue weighted by Crippen LogP contribution is 2.26. The summed E-state index contributed by atoms with van der Waals surface area (Å²) in [4.78, 5) is 27.5. The molecular weight excluding hydrogens is 304 g/mol. The number of amides is 2. The molecule has 0 unspecified atom stereocenters. The molecule has 1 aliphatic rings. The van der Waals surface area contributed by atoms with Crippen molar-refractivity contribution >= 4 is 17.5 Å². The van der Waals surface area contributed by atoms with Gasteiger partial charge in [-0.1, -0.05) is 6.92 Å². The lowest BCUT2D eigenvalue weighted by molar-refractivity contribution is -0.126. The van der Waals surface area contributed by atoms with Gasteiger partial charge in [-0.3, -0.25) is 9.59 Å². The van der Waals surface area contributed by atoms with Crippen LogP contribution in [0.4, 0.5) is 14.5 Å². The first kappa shape index (κ1) is 17.3. The van der Waals surface area contributed by atoms with Crippen LogP contribution in [0.3, 0.4) is 0 Å². The highest BCUT2D eigenvalue weighted by atomic mass is 19.1. The Morgan fingerprint density at radius 3 is 2.61 bits per heavy atom. The van der Waals surface area contributed by atoms with E-state index in [0.717, 1.165) is 31.3 Å². The average molecular weight is 325 g/mol. The molecule has 0 saturated carbocycles.